The van der Waals surface area contributed by atoms with Gasteiger partial charge in [0, 0.05) is 42.6 Å². The lowest BCUT2D eigenvalue weighted by Crippen LogP contribution is -2.39. The summed E-state index contributed by atoms with van der Waals surface area (Å²) in [6, 6.07) is 9.66. The highest BCUT2D eigenvalue weighted by atomic mass is 16.5. The zero-order valence-electron chi connectivity index (χ0n) is 16.9. The molecule has 5 nitrogen and oxygen atoms in total. The number of piperidine rings is 1. The molecule has 3 aliphatic heterocycles. The van der Waals surface area contributed by atoms with Crippen LogP contribution in [-0.2, 0) is 19.3 Å². The molecule has 1 saturated heterocycles. The number of nitrogens with zero attached hydrogens (tertiary/aromatic N) is 1. The Hall–Kier alpha value is -2.69. The van der Waals surface area contributed by atoms with E-state index in [9.17, 15) is 4.79 Å². The fraction of sp³-hybridized carbons (Fsp3) is 0.458. The van der Waals surface area contributed by atoms with Crippen molar-refractivity contribution in [1.82, 2.24) is 4.90 Å². The lowest BCUT2D eigenvalue weighted by atomic mass is 9.86. The molecule has 5 rings (SSSR count). The maximum atomic E-state index is 13.0. The second-order valence-corrected chi connectivity index (χ2v) is 8.16. The van der Waals surface area contributed by atoms with Crippen LogP contribution in [0.3, 0.4) is 0 Å². The number of rotatable bonds is 4. The van der Waals surface area contributed by atoms with Crippen LogP contribution in [0.25, 0.3) is 0 Å². The highest BCUT2D eigenvalue weighted by molar-refractivity contribution is 5.97. The summed E-state index contributed by atoms with van der Waals surface area (Å²) in [5, 5.41) is 0. The van der Waals surface area contributed by atoms with E-state index in [2.05, 4.69) is 6.07 Å². The van der Waals surface area contributed by atoms with Crippen molar-refractivity contribution >= 4 is 5.91 Å². The molecule has 0 spiro atoms. The topological polar surface area (TPSA) is 48.0 Å². The van der Waals surface area contributed by atoms with Gasteiger partial charge < -0.3 is 19.1 Å². The van der Waals surface area contributed by atoms with Crippen LogP contribution in [0.1, 0.15) is 39.9 Å². The van der Waals surface area contributed by atoms with Crippen LogP contribution in [0, 0.1) is 5.92 Å². The normalized spacial score (nSPS) is 18.0. The van der Waals surface area contributed by atoms with Gasteiger partial charge in [-0.2, -0.15) is 0 Å². The average molecular weight is 393 g/mol. The van der Waals surface area contributed by atoms with Crippen LogP contribution in [-0.4, -0.2) is 44.2 Å². The molecular formula is C24H27NO4. The first kappa shape index (κ1) is 18.3. The summed E-state index contributed by atoms with van der Waals surface area (Å²) in [5.74, 6) is 3.46. The largest absolute Gasteiger partial charge is 0.496 e. The molecule has 2 aromatic rings. The summed E-state index contributed by atoms with van der Waals surface area (Å²) in [5.41, 5.74) is 4.65. The second-order valence-electron chi connectivity index (χ2n) is 8.16. The predicted molar refractivity (Wildman–Crippen MR) is 110 cm³/mol. The van der Waals surface area contributed by atoms with E-state index < -0.39 is 0 Å². The lowest BCUT2D eigenvalue weighted by Gasteiger charge is -2.33. The van der Waals surface area contributed by atoms with E-state index in [0.717, 1.165) is 69.9 Å². The van der Waals surface area contributed by atoms with Crippen molar-refractivity contribution in [3.05, 3.63) is 52.6 Å². The molecule has 1 amide bonds. The summed E-state index contributed by atoms with van der Waals surface area (Å²) in [6.07, 6.45) is 5.00. The zero-order valence-corrected chi connectivity index (χ0v) is 16.9. The molecule has 5 heteroatoms. The van der Waals surface area contributed by atoms with Crippen molar-refractivity contribution in [2.75, 3.05) is 33.4 Å². The van der Waals surface area contributed by atoms with E-state index in [4.69, 9.17) is 14.2 Å². The molecule has 0 unspecified atom stereocenters. The van der Waals surface area contributed by atoms with Crippen molar-refractivity contribution in [3.63, 3.8) is 0 Å². The van der Waals surface area contributed by atoms with E-state index >= 15 is 0 Å². The Labute approximate surface area is 171 Å². The van der Waals surface area contributed by atoms with Gasteiger partial charge in [-0.3, -0.25) is 4.79 Å². The Balaban J connectivity index is 1.28. The summed E-state index contributed by atoms with van der Waals surface area (Å²) in [7, 11) is 1.61. The molecule has 0 aromatic heterocycles. The van der Waals surface area contributed by atoms with Crippen molar-refractivity contribution in [2.45, 2.75) is 32.1 Å². The molecule has 1 fully saturated rings. The monoisotopic (exact) mass is 393 g/mol. The number of hydrogen-bond donors (Lipinski definition) is 0. The molecule has 0 bridgehead atoms. The Morgan fingerprint density at radius 2 is 1.93 bits per heavy atom. The second kappa shape index (κ2) is 7.62. The van der Waals surface area contributed by atoms with Crippen LogP contribution >= 0.6 is 0 Å². The standard InChI is InChI=1S/C24H27NO4/c1-27-21-5-3-2-4-19(21)24(26)25-10-6-16(7-11-25)14-20-18-9-13-28-22(18)15-17-8-12-29-23(17)20/h2-5,15-16H,6-14H2,1H3. The first-order chi connectivity index (χ1) is 14.2. The summed E-state index contributed by atoms with van der Waals surface area (Å²) >= 11 is 0. The van der Waals surface area contributed by atoms with E-state index in [1.807, 2.05) is 29.2 Å². The van der Waals surface area contributed by atoms with Crippen molar-refractivity contribution in [2.24, 2.45) is 5.92 Å². The number of amides is 1. The lowest BCUT2D eigenvalue weighted by molar-refractivity contribution is 0.0687. The molecule has 0 aliphatic carbocycles. The van der Waals surface area contributed by atoms with Crippen molar-refractivity contribution in [1.29, 1.82) is 0 Å². The van der Waals surface area contributed by atoms with Gasteiger partial charge in [-0.1, -0.05) is 12.1 Å². The Bertz CT molecular complexity index is 898. The fourth-order valence-corrected chi connectivity index (χ4v) is 4.92. The number of ether oxygens (including phenoxy) is 3. The number of carbonyl (C=O) groups is 1. The maximum absolute atomic E-state index is 13.0. The Morgan fingerprint density at radius 3 is 2.76 bits per heavy atom. The predicted octanol–water partition coefficient (Wildman–Crippen LogP) is 3.66. The van der Waals surface area contributed by atoms with Gasteiger partial charge in [0.25, 0.3) is 5.91 Å². The molecule has 0 saturated carbocycles. The zero-order chi connectivity index (χ0) is 19.8. The minimum atomic E-state index is 0.0686. The van der Waals surface area contributed by atoms with Crippen LogP contribution in [0.15, 0.2) is 30.3 Å². The molecule has 3 aliphatic rings. The van der Waals surface area contributed by atoms with Gasteiger partial charge in [0.05, 0.1) is 25.9 Å². The number of fused-ring (bicyclic) bond motifs is 2. The highest BCUT2D eigenvalue weighted by Crippen LogP contribution is 2.42. The van der Waals surface area contributed by atoms with Crippen LogP contribution < -0.4 is 14.2 Å². The summed E-state index contributed by atoms with van der Waals surface area (Å²) in [4.78, 5) is 14.9. The number of likely N-dealkylation sites (tertiary alicyclic amines) is 1. The van der Waals surface area contributed by atoms with E-state index in [0.29, 0.717) is 17.2 Å². The first-order valence-corrected chi connectivity index (χ1v) is 10.6. The Kier molecular flexibility index (Phi) is 4.82. The quantitative estimate of drug-likeness (QED) is 0.795. The SMILES string of the molecule is COc1ccccc1C(=O)N1CCC(Cc2c3c(cc4c2OCC4)OCC3)CC1. The molecule has 0 atom stereocenters. The number of carbonyl (C=O) groups excluding carboxylic acids is 1. The molecule has 29 heavy (non-hydrogen) atoms. The third-order valence-electron chi connectivity index (χ3n) is 6.49. The summed E-state index contributed by atoms with van der Waals surface area (Å²) in [6.45, 7) is 3.13. The van der Waals surface area contributed by atoms with E-state index in [-0.39, 0.29) is 5.91 Å². The smallest absolute Gasteiger partial charge is 0.257 e. The summed E-state index contributed by atoms with van der Waals surface area (Å²) < 4.78 is 17.2. The van der Waals surface area contributed by atoms with E-state index in [1.54, 1.807) is 7.11 Å². The van der Waals surface area contributed by atoms with Gasteiger partial charge in [0.1, 0.15) is 17.2 Å². The van der Waals surface area contributed by atoms with Crippen molar-refractivity contribution in [3.8, 4) is 17.2 Å². The van der Waals surface area contributed by atoms with Gasteiger partial charge in [0.2, 0.25) is 0 Å². The number of methoxy groups -OCH3 is 1. The first-order valence-electron chi connectivity index (χ1n) is 10.6. The van der Waals surface area contributed by atoms with Gasteiger partial charge >= 0.3 is 0 Å². The van der Waals surface area contributed by atoms with Crippen molar-refractivity contribution < 1.29 is 19.0 Å². The molecule has 152 valence electrons. The fourth-order valence-electron chi connectivity index (χ4n) is 4.92. The van der Waals surface area contributed by atoms with Gasteiger partial charge in [0.15, 0.2) is 0 Å². The number of para-hydroxylation sites is 1. The molecule has 0 radical (unpaired) electrons. The van der Waals surface area contributed by atoms with Crippen LogP contribution in [0.5, 0.6) is 17.2 Å². The maximum Gasteiger partial charge on any atom is 0.257 e. The molecular weight excluding hydrogens is 366 g/mol. The molecule has 2 aromatic carbocycles. The average Bonchev–Trinajstić information content (AvgIpc) is 3.43. The molecule has 0 N–H and O–H groups in total. The highest BCUT2D eigenvalue weighted by Gasteiger charge is 2.30. The third-order valence-corrected chi connectivity index (χ3v) is 6.49. The van der Waals surface area contributed by atoms with Gasteiger partial charge in [-0.05, 0) is 43.4 Å². The minimum Gasteiger partial charge on any atom is -0.496 e. The molecule has 3 heterocycles. The van der Waals surface area contributed by atoms with E-state index in [1.165, 1.54) is 16.7 Å². The third kappa shape index (κ3) is 3.33. The Morgan fingerprint density at radius 1 is 1.14 bits per heavy atom. The van der Waals surface area contributed by atoms with Gasteiger partial charge in [-0.25, -0.2) is 0 Å². The minimum absolute atomic E-state index is 0.0686. The van der Waals surface area contributed by atoms with Crippen LogP contribution in [0.2, 0.25) is 0 Å². The van der Waals surface area contributed by atoms with Gasteiger partial charge in [-0.15, -0.1) is 0 Å². The number of hydrogen-bond acceptors (Lipinski definition) is 4. The number of benzene rings is 2. The van der Waals surface area contributed by atoms with Crippen LogP contribution in [0.4, 0.5) is 0 Å².